The molecule has 2 N–H and O–H groups in total. The number of thioether (sulfide) groups is 1. The molecule has 1 atom stereocenters. The summed E-state index contributed by atoms with van der Waals surface area (Å²) in [6.07, 6.45) is 1.57. The molecule has 1 fully saturated rings. The Morgan fingerprint density at radius 2 is 2.38 bits per heavy atom. The SMILES string of the molecule is CN=C(NCC(C)(O)c1ccco1)N1CCSC(C)(C)C1. The molecule has 0 bridgehead atoms. The average Bonchev–Trinajstić information content (AvgIpc) is 2.93. The van der Waals surface area contributed by atoms with Crippen molar-refractivity contribution in [2.24, 2.45) is 4.99 Å². The van der Waals surface area contributed by atoms with Crippen LogP contribution in [0.15, 0.2) is 27.8 Å². The molecule has 6 heteroatoms. The summed E-state index contributed by atoms with van der Waals surface area (Å²) in [7, 11) is 1.78. The molecule has 5 nitrogen and oxygen atoms in total. The van der Waals surface area contributed by atoms with Crippen LogP contribution in [0.1, 0.15) is 26.5 Å². The predicted octanol–water partition coefficient (Wildman–Crippen LogP) is 1.89. The van der Waals surface area contributed by atoms with Crippen LogP contribution in [0, 0.1) is 0 Å². The molecule has 1 aliphatic heterocycles. The van der Waals surface area contributed by atoms with Crippen LogP contribution in [0.3, 0.4) is 0 Å². The fraction of sp³-hybridized carbons (Fsp3) is 0.667. The monoisotopic (exact) mass is 311 g/mol. The van der Waals surface area contributed by atoms with Crippen LogP contribution in [0.5, 0.6) is 0 Å². The number of hydrogen-bond donors (Lipinski definition) is 2. The van der Waals surface area contributed by atoms with E-state index < -0.39 is 5.60 Å². The zero-order chi connectivity index (χ0) is 15.5. The van der Waals surface area contributed by atoms with Crippen LogP contribution in [0.2, 0.25) is 0 Å². The third kappa shape index (κ3) is 4.17. The molecule has 1 aliphatic rings. The highest BCUT2D eigenvalue weighted by Crippen LogP contribution is 2.29. The lowest BCUT2D eigenvalue weighted by molar-refractivity contribution is 0.0380. The van der Waals surface area contributed by atoms with Gasteiger partial charge in [-0.15, -0.1) is 0 Å². The van der Waals surface area contributed by atoms with Gasteiger partial charge >= 0.3 is 0 Å². The molecule has 0 radical (unpaired) electrons. The van der Waals surface area contributed by atoms with Crippen LogP contribution >= 0.6 is 11.8 Å². The Morgan fingerprint density at radius 3 is 2.95 bits per heavy atom. The summed E-state index contributed by atoms with van der Waals surface area (Å²) >= 11 is 1.98. The Labute approximate surface area is 130 Å². The minimum atomic E-state index is -1.06. The van der Waals surface area contributed by atoms with Crippen molar-refractivity contribution >= 4 is 17.7 Å². The Bertz CT molecular complexity index is 483. The van der Waals surface area contributed by atoms with E-state index in [9.17, 15) is 5.11 Å². The standard InChI is InChI=1S/C15H25N3O2S/c1-14(2)11-18(7-9-21-14)13(16-4)17-10-15(3,19)12-6-5-8-20-12/h5-6,8,19H,7,9-11H2,1-4H3,(H,16,17). The molecular formula is C15H25N3O2S. The molecule has 0 amide bonds. The summed E-state index contributed by atoms with van der Waals surface area (Å²) in [4.78, 5) is 6.59. The Kier molecular flexibility index (Phi) is 4.88. The number of aliphatic imine (C=N–C) groups is 1. The van der Waals surface area contributed by atoms with E-state index in [0.29, 0.717) is 12.3 Å². The summed E-state index contributed by atoms with van der Waals surface area (Å²) in [6.45, 7) is 8.50. The first-order valence-electron chi connectivity index (χ1n) is 7.20. The van der Waals surface area contributed by atoms with Gasteiger partial charge in [0.1, 0.15) is 11.4 Å². The number of guanidine groups is 1. The van der Waals surface area contributed by atoms with Crippen molar-refractivity contribution in [1.82, 2.24) is 10.2 Å². The smallest absolute Gasteiger partial charge is 0.193 e. The topological polar surface area (TPSA) is 61.0 Å². The molecule has 0 aliphatic carbocycles. The van der Waals surface area contributed by atoms with Crippen molar-refractivity contribution in [2.45, 2.75) is 31.1 Å². The van der Waals surface area contributed by atoms with Gasteiger partial charge in [0, 0.05) is 30.6 Å². The van der Waals surface area contributed by atoms with Crippen LogP contribution < -0.4 is 5.32 Å². The number of aliphatic hydroxyl groups is 1. The first-order chi connectivity index (χ1) is 9.84. The molecule has 1 aromatic rings. The maximum absolute atomic E-state index is 10.5. The van der Waals surface area contributed by atoms with E-state index in [1.165, 1.54) is 0 Å². The number of nitrogens with zero attached hydrogens (tertiary/aromatic N) is 2. The molecular weight excluding hydrogens is 286 g/mol. The molecule has 21 heavy (non-hydrogen) atoms. The lowest BCUT2D eigenvalue weighted by Crippen LogP contribution is -2.52. The van der Waals surface area contributed by atoms with E-state index in [4.69, 9.17) is 4.42 Å². The molecule has 0 spiro atoms. The van der Waals surface area contributed by atoms with E-state index in [2.05, 4.69) is 29.1 Å². The van der Waals surface area contributed by atoms with Crippen LogP contribution in [0.25, 0.3) is 0 Å². The highest BCUT2D eigenvalue weighted by molar-refractivity contribution is 8.00. The largest absolute Gasteiger partial charge is 0.466 e. The third-order valence-electron chi connectivity index (χ3n) is 3.58. The van der Waals surface area contributed by atoms with E-state index in [1.807, 2.05) is 11.8 Å². The van der Waals surface area contributed by atoms with Crippen LogP contribution in [-0.2, 0) is 5.60 Å². The molecule has 1 saturated heterocycles. The number of hydrogen-bond acceptors (Lipinski definition) is 4. The first kappa shape index (κ1) is 16.2. The van der Waals surface area contributed by atoms with Gasteiger partial charge in [-0.25, -0.2) is 0 Å². The second-order valence-corrected chi connectivity index (χ2v) is 7.98. The van der Waals surface area contributed by atoms with E-state index >= 15 is 0 Å². The highest BCUT2D eigenvalue weighted by atomic mass is 32.2. The minimum Gasteiger partial charge on any atom is -0.466 e. The molecule has 118 valence electrons. The van der Waals surface area contributed by atoms with Gasteiger partial charge in [0.25, 0.3) is 0 Å². The summed E-state index contributed by atoms with van der Waals surface area (Å²) in [5.74, 6) is 2.47. The van der Waals surface area contributed by atoms with Crippen molar-refractivity contribution < 1.29 is 9.52 Å². The maximum atomic E-state index is 10.5. The average molecular weight is 311 g/mol. The quantitative estimate of drug-likeness (QED) is 0.659. The summed E-state index contributed by atoms with van der Waals surface area (Å²) in [5, 5.41) is 13.7. The molecule has 0 saturated carbocycles. The summed E-state index contributed by atoms with van der Waals surface area (Å²) < 4.78 is 5.52. The maximum Gasteiger partial charge on any atom is 0.193 e. The highest BCUT2D eigenvalue weighted by Gasteiger charge is 2.31. The zero-order valence-corrected chi connectivity index (χ0v) is 14.0. The van der Waals surface area contributed by atoms with Crippen molar-refractivity contribution in [3.05, 3.63) is 24.2 Å². The molecule has 1 unspecified atom stereocenters. The Morgan fingerprint density at radius 1 is 1.62 bits per heavy atom. The van der Waals surface area contributed by atoms with E-state index in [-0.39, 0.29) is 4.75 Å². The van der Waals surface area contributed by atoms with E-state index in [0.717, 1.165) is 24.8 Å². The minimum absolute atomic E-state index is 0.222. The van der Waals surface area contributed by atoms with Gasteiger partial charge in [-0.3, -0.25) is 4.99 Å². The van der Waals surface area contributed by atoms with Crippen LogP contribution in [-0.4, -0.2) is 53.1 Å². The van der Waals surface area contributed by atoms with Gasteiger partial charge in [-0.05, 0) is 32.9 Å². The van der Waals surface area contributed by atoms with Gasteiger partial charge in [0.15, 0.2) is 5.96 Å². The van der Waals surface area contributed by atoms with Gasteiger partial charge < -0.3 is 19.7 Å². The van der Waals surface area contributed by atoms with Crippen molar-refractivity contribution in [2.75, 3.05) is 32.4 Å². The van der Waals surface area contributed by atoms with Crippen molar-refractivity contribution in [3.63, 3.8) is 0 Å². The van der Waals surface area contributed by atoms with Gasteiger partial charge in [0.2, 0.25) is 0 Å². The third-order valence-corrected chi connectivity index (χ3v) is 4.88. The molecule has 0 aromatic carbocycles. The second kappa shape index (κ2) is 6.32. The predicted molar refractivity (Wildman–Crippen MR) is 87.8 cm³/mol. The van der Waals surface area contributed by atoms with Gasteiger partial charge in [-0.1, -0.05) is 0 Å². The zero-order valence-electron chi connectivity index (χ0n) is 13.2. The summed E-state index contributed by atoms with van der Waals surface area (Å²) in [6, 6.07) is 3.56. The van der Waals surface area contributed by atoms with Crippen molar-refractivity contribution in [3.8, 4) is 0 Å². The van der Waals surface area contributed by atoms with Gasteiger partial charge in [0.05, 0.1) is 12.8 Å². The van der Waals surface area contributed by atoms with Gasteiger partial charge in [-0.2, -0.15) is 11.8 Å². The lowest BCUT2D eigenvalue weighted by Gasteiger charge is -2.39. The fourth-order valence-electron chi connectivity index (χ4n) is 2.45. The first-order valence-corrected chi connectivity index (χ1v) is 8.18. The molecule has 2 heterocycles. The Hall–Kier alpha value is -1.14. The second-order valence-electron chi connectivity index (χ2n) is 6.18. The summed E-state index contributed by atoms with van der Waals surface area (Å²) in [5.41, 5.74) is -1.06. The molecule has 2 rings (SSSR count). The number of rotatable bonds is 3. The fourth-order valence-corrected chi connectivity index (χ4v) is 3.56. The Balaban J connectivity index is 1.97. The number of furan rings is 1. The van der Waals surface area contributed by atoms with Crippen LogP contribution in [0.4, 0.5) is 0 Å². The normalized spacial score (nSPS) is 22.0. The number of nitrogens with one attached hydrogen (secondary N) is 1. The van der Waals surface area contributed by atoms with Crippen molar-refractivity contribution in [1.29, 1.82) is 0 Å². The van der Waals surface area contributed by atoms with E-state index in [1.54, 1.807) is 32.4 Å². The lowest BCUT2D eigenvalue weighted by atomic mass is 10.0. The molecule has 1 aromatic heterocycles.